The zero-order valence-corrected chi connectivity index (χ0v) is 14.2. The van der Waals surface area contributed by atoms with Gasteiger partial charge in [0.15, 0.2) is 0 Å². The van der Waals surface area contributed by atoms with Crippen LogP contribution in [-0.4, -0.2) is 13.1 Å². The number of benzene rings is 2. The van der Waals surface area contributed by atoms with Gasteiger partial charge in [-0.05, 0) is 30.3 Å². The average Bonchev–Trinajstić information content (AvgIpc) is 3.03. The summed E-state index contributed by atoms with van der Waals surface area (Å²) in [4.78, 5) is 11.4. The number of carbonyl (C=O) groups excluding carboxylic acids is 1. The lowest BCUT2D eigenvalue weighted by Gasteiger charge is -2.15. The van der Waals surface area contributed by atoms with Gasteiger partial charge in [0.1, 0.15) is 22.8 Å². The van der Waals surface area contributed by atoms with Crippen LogP contribution >= 0.6 is 0 Å². The van der Waals surface area contributed by atoms with Crippen molar-refractivity contribution in [2.45, 2.75) is 19.8 Å². The van der Waals surface area contributed by atoms with E-state index < -0.39 is 5.97 Å². The fourth-order valence-electron chi connectivity index (χ4n) is 2.74. The third kappa shape index (κ3) is 3.33. The minimum atomic E-state index is -0.398. The van der Waals surface area contributed by atoms with E-state index in [1.54, 1.807) is 31.4 Å². The first-order chi connectivity index (χ1) is 12.0. The lowest BCUT2D eigenvalue weighted by atomic mass is 9.97. The lowest BCUT2D eigenvalue weighted by Crippen LogP contribution is -2.06. The van der Waals surface area contributed by atoms with Crippen LogP contribution in [0.25, 0.3) is 11.0 Å². The topological polar surface area (TPSA) is 72.5 Å². The Bertz CT molecular complexity index is 981. The maximum absolute atomic E-state index is 11.4. The molecule has 1 aromatic heterocycles. The van der Waals surface area contributed by atoms with E-state index in [0.717, 1.165) is 16.7 Å². The number of rotatable bonds is 4. The van der Waals surface area contributed by atoms with Gasteiger partial charge in [-0.15, -0.1) is 0 Å². The van der Waals surface area contributed by atoms with E-state index >= 15 is 0 Å². The van der Waals surface area contributed by atoms with Crippen molar-refractivity contribution >= 4 is 16.9 Å². The van der Waals surface area contributed by atoms with Crippen molar-refractivity contribution in [3.63, 3.8) is 0 Å². The molecule has 1 unspecified atom stereocenters. The summed E-state index contributed by atoms with van der Waals surface area (Å²) in [6.45, 7) is 3.33. The quantitative estimate of drug-likeness (QED) is 0.522. The fourth-order valence-corrected chi connectivity index (χ4v) is 2.74. The number of ether oxygens (including phenoxy) is 2. The zero-order valence-electron chi connectivity index (χ0n) is 14.2. The summed E-state index contributed by atoms with van der Waals surface area (Å²) in [6.07, 6.45) is 0. The highest BCUT2D eigenvalue weighted by Crippen LogP contribution is 2.36. The molecule has 0 saturated carbocycles. The van der Waals surface area contributed by atoms with Gasteiger partial charge in [-0.1, -0.05) is 13.0 Å². The van der Waals surface area contributed by atoms with Crippen LogP contribution in [0.3, 0.4) is 0 Å². The standard InChI is InChI=1S/C20H17NO4/c1-12(17-6-5-16(23-3)10-20(17)24-13(2)22)19-9-15-8-14(11-21)4-7-18(15)25-19/h4-10,12H,1-3H3. The molecular weight excluding hydrogens is 318 g/mol. The van der Waals surface area contributed by atoms with Crippen molar-refractivity contribution < 1.29 is 18.7 Å². The van der Waals surface area contributed by atoms with Crippen molar-refractivity contribution in [1.29, 1.82) is 5.26 Å². The van der Waals surface area contributed by atoms with E-state index in [4.69, 9.17) is 19.2 Å². The Kier molecular flexibility index (Phi) is 4.44. The molecule has 0 saturated heterocycles. The average molecular weight is 335 g/mol. The molecule has 126 valence electrons. The van der Waals surface area contributed by atoms with Crippen molar-refractivity contribution in [1.82, 2.24) is 0 Å². The van der Waals surface area contributed by atoms with Crippen LogP contribution in [0.15, 0.2) is 46.9 Å². The van der Waals surface area contributed by atoms with E-state index in [-0.39, 0.29) is 5.92 Å². The first-order valence-corrected chi connectivity index (χ1v) is 7.81. The van der Waals surface area contributed by atoms with E-state index in [1.807, 2.05) is 25.1 Å². The van der Waals surface area contributed by atoms with Gasteiger partial charge in [-0.3, -0.25) is 4.79 Å². The van der Waals surface area contributed by atoms with Gasteiger partial charge in [0, 0.05) is 29.9 Å². The summed E-state index contributed by atoms with van der Waals surface area (Å²) in [5.41, 5.74) is 2.11. The Hall–Kier alpha value is -3.26. The van der Waals surface area contributed by atoms with E-state index in [9.17, 15) is 4.79 Å². The molecule has 25 heavy (non-hydrogen) atoms. The first-order valence-electron chi connectivity index (χ1n) is 7.81. The predicted molar refractivity (Wildman–Crippen MR) is 92.7 cm³/mol. The maximum Gasteiger partial charge on any atom is 0.308 e. The van der Waals surface area contributed by atoms with Crippen LogP contribution in [0, 0.1) is 11.3 Å². The molecule has 0 spiro atoms. The fraction of sp³-hybridized carbons (Fsp3) is 0.200. The number of fused-ring (bicyclic) bond motifs is 1. The summed E-state index contributed by atoms with van der Waals surface area (Å²) >= 11 is 0. The van der Waals surface area contributed by atoms with Crippen LogP contribution in [0.2, 0.25) is 0 Å². The van der Waals surface area contributed by atoms with Gasteiger partial charge in [-0.2, -0.15) is 5.26 Å². The number of esters is 1. The molecule has 0 radical (unpaired) electrons. The minimum Gasteiger partial charge on any atom is -0.497 e. The summed E-state index contributed by atoms with van der Waals surface area (Å²) in [5.74, 6) is 1.24. The van der Waals surface area contributed by atoms with Crippen LogP contribution in [-0.2, 0) is 4.79 Å². The molecule has 0 amide bonds. The second kappa shape index (κ2) is 6.70. The maximum atomic E-state index is 11.4. The van der Waals surface area contributed by atoms with Crippen LogP contribution in [0.5, 0.6) is 11.5 Å². The molecule has 0 aliphatic rings. The van der Waals surface area contributed by atoms with Crippen molar-refractivity contribution in [2.24, 2.45) is 0 Å². The van der Waals surface area contributed by atoms with Gasteiger partial charge >= 0.3 is 5.97 Å². The molecule has 3 aromatic rings. The van der Waals surface area contributed by atoms with Crippen molar-refractivity contribution in [2.75, 3.05) is 7.11 Å². The van der Waals surface area contributed by atoms with Gasteiger partial charge < -0.3 is 13.9 Å². The summed E-state index contributed by atoms with van der Waals surface area (Å²) in [7, 11) is 1.56. The van der Waals surface area contributed by atoms with Crippen molar-refractivity contribution in [3.05, 3.63) is 59.4 Å². The lowest BCUT2D eigenvalue weighted by molar-refractivity contribution is -0.131. The SMILES string of the molecule is COc1ccc(C(C)c2cc3cc(C#N)ccc3o2)c(OC(C)=O)c1. The van der Waals surface area contributed by atoms with Gasteiger partial charge in [0.05, 0.1) is 18.7 Å². The smallest absolute Gasteiger partial charge is 0.308 e. The number of methoxy groups -OCH3 is 1. The van der Waals surface area contributed by atoms with E-state index in [1.165, 1.54) is 6.92 Å². The number of hydrogen-bond donors (Lipinski definition) is 0. The second-order valence-corrected chi connectivity index (χ2v) is 5.73. The summed E-state index contributed by atoms with van der Waals surface area (Å²) in [6, 6.07) is 14.7. The molecule has 0 aliphatic heterocycles. The number of nitrogens with zero attached hydrogens (tertiary/aromatic N) is 1. The molecule has 0 fully saturated rings. The second-order valence-electron chi connectivity index (χ2n) is 5.73. The van der Waals surface area contributed by atoms with Crippen molar-refractivity contribution in [3.8, 4) is 17.6 Å². The highest BCUT2D eigenvalue weighted by atomic mass is 16.5. The molecule has 0 N–H and O–H groups in total. The molecule has 5 nitrogen and oxygen atoms in total. The largest absolute Gasteiger partial charge is 0.497 e. The third-order valence-corrected chi connectivity index (χ3v) is 4.03. The normalized spacial score (nSPS) is 11.8. The van der Waals surface area contributed by atoms with Crippen LogP contribution in [0.1, 0.15) is 36.7 Å². The number of hydrogen-bond acceptors (Lipinski definition) is 5. The number of carbonyl (C=O) groups is 1. The number of furan rings is 1. The summed E-state index contributed by atoms with van der Waals surface area (Å²) in [5, 5.41) is 9.88. The Morgan fingerprint density at radius 2 is 2.00 bits per heavy atom. The molecule has 0 bridgehead atoms. The Morgan fingerprint density at radius 3 is 2.68 bits per heavy atom. The minimum absolute atomic E-state index is 0.141. The van der Waals surface area contributed by atoms with Gasteiger partial charge in [-0.25, -0.2) is 0 Å². The Balaban J connectivity index is 2.04. The molecule has 0 aliphatic carbocycles. The Labute approximate surface area is 145 Å². The van der Waals surface area contributed by atoms with Gasteiger partial charge in [0.2, 0.25) is 0 Å². The molecule has 1 heterocycles. The molecular formula is C20H17NO4. The molecule has 2 aromatic carbocycles. The summed E-state index contributed by atoms with van der Waals surface area (Å²) < 4.78 is 16.5. The predicted octanol–water partition coefficient (Wildman–Crippen LogP) is 4.39. The molecule has 5 heteroatoms. The molecule has 1 atom stereocenters. The monoisotopic (exact) mass is 335 g/mol. The van der Waals surface area contributed by atoms with Crippen LogP contribution < -0.4 is 9.47 Å². The highest BCUT2D eigenvalue weighted by molar-refractivity contribution is 5.80. The number of nitriles is 1. The van der Waals surface area contributed by atoms with E-state index in [0.29, 0.717) is 22.6 Å². The zero-order chi connectivity index (χ0) is 18.0. The first kappa shape index (κ1) is 16.6. The highest BCUT2D eigenvalue weighted by Gasteiger charge is 2.19. The Morgan fingerprint density at radius 1 is 1.20 bits per heavy atom. The van der Waals surface area contributed by atoms with Crippen LogP contribution in [0.4, 0.5) is 0 Å². The van der Waals surface area contributed by atoms with Gasteiger partial charge in [0.25, 0.3) is 0 Å². The molecule has 3 rings (SSSR count). The third-order valence-electron chi connectivity index (χ3n) is 4.03. The van der Waals surface area contributed by atoms with E-state index in [2.05, 4.69) is 6.07 Å².